The Morgan fingerprint density at radius 1 is 1.30 bits per heavy atom. The van der Waals surface area contributed by atoms with Gasteiger partial charge in [-0.05, 0) is 30.3 Å². The number of aromatic nitrogens is 3. The standard InChI is InChI=1S/C18H16ClN5O3/c1-27-14-6-5-12(19)9-13(14)24-10-11(8-16(24)25)17(26)20-18-22-21-15-4-2-3-7-23(15)18/h2-7,9,11H,8,10H2,1H3,(H,20,22,26). The first kappa shape index (κ1) is 17.3. The topological polar surface area (TPSA) is 88.8 Å². The number of nitrogens with one attached hydrogen (secondary N) is 1. The van der Waals surface area contributed by atoms with Gasteiger partial charge in [0.2, 0.25) is 17.8 Å². The highest BCUT2D eigenvalue weighted by molar-refractivity contribution is 6.31. The molecule has 1 unspecified atom stereocenters. The van der Waals surface area contributed by atoms with Gasteiger partial charge >= 0.3 is 0 Å². The molecule has 2 aromatic heterocycles. The van der Waals surface area contributed by atoms with E-state index in [4.69, 9.17) is 16.3 Å². The Bertz CT molecular complexity index is 1030. The number of carbonyl (C=O) groups is 2. The molecule has 3 aromatic rings. The number of carbonyl (C=O) groups excluding carboxylic acids is 2. The van der Waals surface area contributed by atoms with Gasteiger partial charge in [0.1, 0.15) is 5.75 Å². The SMILES string of the molecule is COc1ccc(Cl)cc1N1CC(C(=O)Nc2nnc3ccccn23)CC1=O. The Balaban J connectivity index is 1.54. The van der Waals surface area contributed by atoms with Crippen LogP contribution in [-0.4, -0.2) is 40.1 Å². The molecule has 0 spiro atoms. The number of hydrogen-bond acceptors (Lipinski definition) is 5. The lowest BCUT2D eigenvalue weighted by molar-refractivity contribution is -0.122. The quantitative estimate of drug-likeness (QED) is 0.744. The van der Waals surface area contributed by atoms with Crippen molar-refractivity contribution in [3.63, 3.8) is 0 Å². The number of fused-ring (bicyclic) bond motifs is 1. The smallest absolute Gasteiger partial charge is 0.235 e. The summed E-state index contributed by atoms with van der Waals surface area (Å²) in [5, 5.41) is 11.2. The molecule has 27 heavy (non-hydrogen) atoms. The number of methoxy groups -OCH3 is 1. The number of nitrogens with zero attached hydrogens (tertiary/aromatic N) is 4. The fourth-order valence-electron chi connectivity index (χ4n) is 3.13. The monoisotopic (exact) mass is 385 g/mol. The molecule has 1 N–H and O–H groups in total. The first-order valence-electron chi connectivity index (χ1n) is 8.31. The summed E-state index contributed by atoms with van der Waals surface area (Å²) in [5.74, 6) is -0.122. The van der Waals surface area contributed by atoms with Crippen molar-refractivity contribution < 1.29 is 14.3 Å². The van der Waals surface area contributed by atoms with Gasteiger partial charge in [0.05, 0.1) is 18.7 Å². The minimum Gasteiger partial charge on any atom is -0.495 e. The average molecular weight is 386 g/mol. The molecule has 0 bridgehead atoms. The first-order valence-corrected chi connectivity index (χ1v) is 8.69. The van der Waals surface area contributed by atoms with Crippen molar-refractivity contribution in [2.75, 3.05) is 23.9 Å². The lowest BCUT2D eigenvalue weighted by Crippen LogP contribution is -2.28. The van der Waals surface area contributed by atoms with Gasteiger partial charge in [0, 0.05) is 24.2 Å². The van der Waals surface area contributed by atoms with Crippen molar-refractivity contribution in [2.24, 2.45) is 5.92 Å². The van der Waals surface area contributed by atoms with Crippen molar-refractivity contribution in [2.45, 2.75) is 6.42 Å². The summed E-state index contributed by atoms with van der Waals surface area (Å²) in [4.78, 5) is 26.7. The second-order valence-corrected chi connectivity index (χ2v) is 6.60. The van der Waals surface area contributed by atoms with Crippen LogP contribution in [0.5, 0.6) is 5.75 Å². The number of amides is 2. The minimum absolute atomic E-state index is 0.0955. The molecule has 8 nitrogen and oxygen atoms in total. The van der Waals surface area contributed by atoms with E-state index in [2.05, 4.69) is 15.5 Å². The van der Waals surface area contributed by atoms with Gasteiger partial charge in [-0.15, -0.1) is 10.2 Å². The molecule has 1 aliphatic heterocycles. The van der Waals surface area contributed by atoms with Crippen LogP contribution in [0.4, 0.5) is 11.6 Å². The average Bonchev–Trinajstić information content (AvgIpc) is 3.25. The van der Waals surface area contributed by atoms with Crippen LogP contribution >= 0.6 is 11.6 Å². The Hall–Kier alpha value is -3.13. The molecule has 0 saturated carbocycles. The fourth-order valence-corrected chi connectivity index (χ4v) is 3.30. The highest BCUT2D eigenvalue weighted by Crippen LogP contribution is 2.35. The number of hydrogen-bond donors (Lipinski definition) is 1. The minimum atomic E-state index is -0.516. The third-order valence-electron chi connectivity index (χ3n) is 4.48. The molecular weight excluding hydrogens is 370 g/mol. The Morgan fingerprint density at radius 3 is 2.96 bits per heavy atom. The van der Waals surface area contributed by atoms with E-state index in [-0.39, 0.29) is 24.8 Å². The number of pyridine rings is 1. The van der Waals surface area contributed by atoms with Crippen LogP contribution in [0.1, 0.15) is 6.42 Å². The van der Waals surface area contributed by atoms with Crippen LogP contribution in [0.25, 0.3) is 5.65 Å². The van der Waals surface area contributed by atoms with Crippen molar-refractivity contribution in [1.29, 1.82) is 0 Å². The second-order valence-electron chi connectivity index (χ2n) is 6.16. The van der Waals surface area contributed by atoms with E-state index < -0.39 is 5.92 Å². The number of anilines is 2. The Labute approximate surface area is 159 Å². The lowest BCUT2D eigenvalue weighted by atomic mass is 10.1. The van der Waals surface area contributed by atoms with Gasteiger partial charge in [-0.2, -0.15) is 0 Å². The zero-order valence-corrected chi connectivity index (χ0v) is 15.2. The fraction of sp³-hybridized carbons (Fsp3) is 0.222. The van der Waals surface area contributed by atoms with Gasteiger partial charge in [0.15, 0.2) is 5.65 Å². The van der Waals surface area contributed by atoms with E-state index in [9.17, 15) is 9.59 Å². The summed E-state index contributed by atoms with van der Waals surface area (Å²) in [6, 6.07) is 10.5. The third kappa shape index (κ3) is 3.19. The van der Waals surface area contributed by atoms with E-state index in [0.29, 0.717) is 28.1 Å². The van der Waals surface area contributed by atoms with Crippen molar-refractivity contribution in [3.8, 4) is 5.75 Å². The summed E-state index contributed by atoms with van der Waals surface area (Å²) in [7, 11) is 1.52. The normalized spacial score (nSPS) is 16.7. The maximum atomic E-state index is 12.7. The summed E-state index contributed by atoms with van der Waals surface area (Å²) in [5.41, 5.74) is 1.18. The van der Waals surface area contributed by atoms with Crippen molar-refractivity contribution >= 4 is 40.7 Å². The molecule has 1 atom stereocenters. The molecule has 138 valence electrons. The zero-order valence-electron chi connectivity index (χ0n) is 14.4. The van der Waals surface area contributed by atoms with Crippen LogP contribution in [0.2, 0.25) is 5.02 Å². The first-order chi connectivity index (χ1) is 13.1. The second kappa shape index (κ2) is 6.88. The van der Waals surface area contributed by atoms with Crippen molar-refractivity contribution in [3.05, 3.63) is 47.6 Å². The molecule has 1 aromatic carbocycles. The Morgan fingerprint density at radius 2 is 2.15 bits per heavy atom. The van der Waals surface area contributed by atoms with Gasteiger partial charge in [0.25, 0.3) is 0 Å². The molecule has 0 aliphatic carbocycles. The molecule has 9 heteroatoms. The molecule has 0 radical (unpaired) electrons. The predicted molar refractivity (Wildman–Crippen MR) is 100 cm³/mol. The van der Waals surface area contributed by atoms with Crippen LogP contribution < -0.4 is 15.0 Å². The largest absolute Gasteiger partial charge is 0.495 e. The van der Waals surface area contributed by atoms with Gasteiger partial charge < -0.3 is 9.64 Å². The molecule has 1 aliphatic rings. The van der Waals surface area contributed by atoms with Crippen LogP contribution in [0.3, 0.4) is 0 Å². The van der Waals surface area contributed by atoms with E-state index in [1.54, 1.807) is 34.9 Å². The van der Waals surface area contributed by atoms with Gasteiger partial charge in [-0.1, -0.05) is 17.7 Å². The lowest BCUT2D eigenvalue weighted by Gasteiger charge is -2.19. The van der Waals surface area contributed by atoms with Crippen LogP contribution in [0.15, 0.2) is 42.6 Å². The zero-order chi connectivity index (χ0) is 19.0. The summed E-state index contributed by atoms with van der Waals surface area (Å²) < 4.78 is 6.99. The maximum Gasteiger partial charge on any atom is 0.235 e. The van der Waals surface area contributed by atoms with E-state index in [0.717, 1.165) is 0 Å². The van der Waals surface area contributed by atoms with Crippen LogP contribution in [0, 0.1) is 5.92 Å². The highest BCUT2D eigenvalue weighted by atomic mass is 35.5. The van der Waals surface area contributed by atoms with Gasteiger partial charge in [-0.25, -0.2) is 0 Å². The molecule has 2 amide bonds. The summed E-state index contributed by atoms with van der Waals surface area (Å²) >= 11 is 6.06. The van der Waals surface area contributed by atoms with Gasteiger partial charge in [-0.3, -0.25) is 19.3 Å². The molecule has 4 rings (SSSR count). The number of rotatable bonds is 4. The molecular formula is C18H16ClN5O3. The summed E-state index contributed by atoms with van der Waals surface area (Å²) in [6.45, 7) is 0.234. The maximum absolute atomic E-state index is 12.7. The molecule has 1 fully saturated rings. The van der Waals surface area contributed by atoms with E-state index in [1.807, 2.05) is 12.1 Å². The molecule has 3 heterocycles. The van der Waals surface area contributed by atoms with E-state index in [1.165, 1.54) is 12.0 Å². The predicted octanol–water partition coefficient (Wildman–Crippen LogP) is 2.38. The van der Waals surface area contributed by atoms with E-state index >= 15 is 0 Å². The highest BCUT2D eigenvalue weighted by Gasteiger charge is 2.36. The number of benzene rings is 1. The summed E-state index contributed by atoms with van der Waals surface area (Å²) in [6.07, 6.45) is 1.85. The van der Waals surface area contributed by atoms with Crippen molar-refractivity contribution in [1.82, 2.24) is 14.6 Å². The third-order valence-corrected chi connectivity index (χ3v) is 4.71. The molecule has 1 saturated heterocycles. The Kier molecular flexibility index (Phi) is 4.41. The number of ether oxygens (including phenoxy) is 1. The van der Waals surface area contributed by atoms with Crippen LogP contribution in [-0.2, 0) is 9.59 Å². The number of halogens is 1.